The summed E-state index contributed by atoms with van der Waals surface area (Å²) in [5.74, 6) is -0.410. The lowest BCUT2D eigenvalue weighted by Crippen LogP contribution is -2.12. The minimum Gasteiger partial charge on any atom is -0.507 e. The van der Waals surface area contributed by atoms with Crippen LogP contribution in [0, 0.1) is 6.92 Å². The van der Waals surface area contributed by atoms with Crippen LogP contribution in [0.5, 0.6) is 5.75 Å². The highest BCUT2D eigenvalue weighted by atomic mass is 79.9. The topological polar surface area (TPSA) is 49.3 Å². The van der Waals surface area contributed by atoms with Crippen LogP contribution in [0.15, 0.2) is 40.9 Å². The number of halogens is 2. The lowest BCUT2D eigenvalue weighted by molar-refractivity contribution is 0.102. The third-order valence-corrected chi connectivity index (χ3v) is 3.29. The van der Waals surface area contributed by atoms with Crippen LogP contribution >= 0.6 is 27.5 Å². The zero-order valence-corrected chi connectivity index (χ0v) is 12.4. The third-order valence-electron chi connectivity index (χ3n) is 2.59. The molecule has 0 radical (unpaired) electrons. The second-order valence-electron chi connectivity index (χ2n) is 4.08. The molecule has 0 aromatic heterocycles. The van der Waals surface area contributed by atoms with Gasteiger partial charge in [-0.15, -0.1) is 0 Å². The maximum absolute atomic E-state index is 12.1. The van der Waals surface area contributed by atoms with Crippen molar-refractivity contribution in [2.45, 2.75) is 6.92 Å². The van der Waals surface area contributed by atoms with Gasteiger partial charge in [-0.05, 0) is 42.8 Å². The normalized spacial score (nSPS) is 10.3. The van der Waals surface area contributed by atoms with Crippen LogP contribution in [-0.2, 0) is 0 Å². The van der Waals surface area contributed by atoms with Crippen molar-refractivity contribution in [3.8, 4) is 5.75 Å². The second-order valence-corrected chi connectivity index (χ2v) is 5.44. The molecule has 0 atom stereocenters. The maximum atomic E-state index is 12.1. The Kier molecular flexibility index (Phi) is 4.12. The molecule has 0 bridgehead atoms. The molecule has 3 nitrogen and oxygen atoms in total. The van der Waals surface area contributed by atoms with Gasteiger partial charge < -0.3 is 10.4 Å². The van der Waals surface area contributed by atoms with E-state index in [0.29, 0.717) is 16.3 Å². The van der Waals surface area contributed by atoms with E-state index in [4.69, 9.17) is 11.6 Å². The summed E-state index contributed by atoms with van der Waals surface area (Å²) in [5, 5.41) is 13.1. The molecule has 2 aromatic carbocycles. The van der Waals surface area contributed by atoms with Crippen molar-refractivity contribution in [3.05, 3.63) is 57.0 Å². The summed E-state index contributed by atoms with van der Waals surface area (Å²) in [6, 6.07) is 10.1. The fraction of sp³-hybridized carbons (Fsp3) is 0.0714. The molecule has 5 heteroatoms. The number of rotatable bonds is 2. The van der Waals surface area contributed by atoms with E-state index in [1.807, 2.05) is 0 Å². The Hall–Kier alpha value is -1.52. The molecular formula is C14H11BrClNO2. The number of aryl methyl sites for hydroxylation is 1. The number of aromatic hydroxyl groups is 1. The average Bonchev–Trinajstić information content (AvgIpc) is 2.33. The second kappa shape index (κ2) is 5.63. The molecule has 98 valence electrons. The van der Waals surface area contributed by atoms with E-state index in [0.717, 1.165) is 4.47 Å². The van der Waals surface area contributed by atoms with Crippen molar-refractivity contribution in [2.24, 2.45) is 0 Å². The quantitative estimate of drug-likeness (QED) is 0.853. The fourth-order valence-electron chi connectivity index (χ4n) is 1.67. The van der Waals surface area contributed by atoms with Crippen LogP contribution in [0.4, 0.5) is 5.69 Å². The number of phenolic OH excluding ortho intramolecular Hbond substituents is 1. The van der Waals surface area contributed by atoms with Crippen molar-refractivity contribution in [3.63, 3.8) is 0 Å². The van der Waals surface area contributed by atoms with Gasteiger partial charge in [0.15, 0.2) is 0 Å². The van der Waals surface area contributed by atoms with Gasteiger partial charge in [-0.2, -0.15) is 0 Å². The summed E-state index contributed by atoms with van der Waals surface area (Å²) in [5.41, 5.74) is 1.42. The number of nitrogens with one attached hydrogen (secondary N) is 1. The summed E-state index contributed by atoms with van der Waals surface area (Å²) < 4.78 is 0.735. The van der Waals surface area contributed by atoms with Gasteiger partial charge in [0.25, 0.3) is 5.91 Å². The van der Waals surface area contributed by atoms with Crippen molar-refractivity contribution < 1.29 is 9.90 Å². The van der Waals surface area contributed by atoms with Crippen LogP contribution in [0.2, 0.25) is 5.02 Å². The van der Waals surface area contributed by atoms with Crippen LogP contribution in [0.25, 0.3) is 0 Å². The molecule has 0 aliphatic heterocycles. The molecule has 1 amide bonds. The number of anilines is 1. The predicted molar refractivity (Wildman–Crippen MR) is 79.9 cm³/mol. The molecule has 0 fully saturated rings. The first-order valence-corrected chi connectivity index (χ1v) is 6.70. The highest BCUT2D eigenvalue weighted by Crippen LogP contribution is 2.27. The predicted octanol–water partition coefficient (Wildman–Crippen LogP) is 4.37. The van der Waals surface area contributed by atoms with E-state index >= 15 is 0 Å². The van der Waals surface area contributed by atoms with Gasteiger partial charge in [-0.1, -0.05) is 33.6 Å². The number of phenols is 1. The van der Waals surface area contributed by atoms with Gasteiger partial charge in [0.2, 0.25) is 0 Å². The zero-order valence-electron chi connectivity index (χ0n) is 10.1. The molecule has 0 heterocycles. The number of carbonyl (C=O) groups excluding carboxylic acids is 1. The lowest BCUT2D eigenvalue weighted by atomic mass is 10.1. The summed E-state index contributed by atoms with van der Waals surface area (Å²) in [6.07, 6.45) is 0. The smallest absolute Gasteiger partial charge is 0.259 e. The fourth-order valence-corrected chi connectivity index (χ4v) is 2.44. The summed E-state index contributed by atoms with van der Waals surface area (Å²) in [4.78, 5) is 12.1. The van der Waals surface area contributed by atoms with Gasteiger partial charge in [-0.3, -0.25) is 4.79 Å². The van der Waals surface area contributed by atoms with Crippen molar-refractivity contribution >= 4 is 39.1 Å². The molecule has 0 aliphatic rings. The van der Waals surface area contributed by atoms with Crippen LogP contribution in [0.1, 0.15) is 15.9 Å². The summed E-state index contributed by atoms with van der Waals surface area (Å²) >= 11 is 9.15. The van der Waals surface area contributed by atoms with Gasteiger partial charge in [0, 0.05) is 15.2 Å². The average molecular weight is 341 g/mol. The molecular weight excluding hydrogens is 330 g/mol. The lowest BCUT2D eigenvalue weighted by Gasteiger charge is -2.09. The molecule has 2 rings (SSSR count). The molecule has 2 aromatic rings. The molecule has 0 spiro atoms. The van der Waals surface area contributed by atoms with Crippen LogP contribution < -0.4 is 5.32 Å². The number of carbonyl (C=O) groups is 1. The Labute approximate surface area is 124 Å². The molecule has 0 saturated heterocycles. The van der Waals surface area contributed by atoms with Gasteiger partial charge >= 0.3 is 0 Å². The Balaban J connectivity index is 2.30. The van der Waals surface area contributed by atoms with Gasteiger partial charge in [-0.25, -0.2) is 0 Å². The molecule has 2 N–H and O–H groups in total. The largest absolute Gasteiger partial charge is 0.507 e. The van der Waals surface area contributed by atoms with E-state index in [1.54, 1.807) is 43.3 Å². The molecule has 0 unspecified atom stereocenters. The zero-order chi connectivity index (χ0) is 14.0. The maximum Gasteiger partial charge on any atom is 0.259 e. The van der Waals surface area contributed by atoms with E-state index in [9.17, 15) is 9.90 Å². The Morgan fingerprint density at radius 2 is 2.05 bits per heavy atom. The van der Waals surface area contributed by atoms with Gasteiger partial charge in [0.1, 0.15) is 5.75 Å². The first-order valence-electron chi connectivity index (χ1n) is 5.53. The van der Waals surface area contributed by atoms with Crippen molar-refractivity contribution in [1.29, 1.82) is 0 Å². The number of hydrogen-bond donors (Lipinski definition) is 2. The van der Waals surface area contributed by atoms with E-state index in [1.165, 1.54) is 0 Å². The highest BCUT2D eigenvalue weighted by molar-refractivity contribution is 9.10. The minimum absolute atomic E-state index is 0.0253. The van der Waals surface area contributed by atoms with E-state index < -0.39 is 0 Å². The Bertz CT molecular complexity index is 643. The minimum atomic E-state index is -0.385. The van der Waals surface area contributed by atoms with E-state index in [-0.39, 0.29) is 17.2 Å². The van der Waals surface area contributed by atoms with Crippen LogP contribution in [-0.4, -0.2) is 11.0 Å². The first kappa shape index (κ1) is 13.9. The van der Waals surface area contributed by atoms with Crippen molar-refractivity contribution in [1.82, 2.24) is 0 Å². The third kappa shape index (κ3) is 3.28. The number of amides is 1. The highest BCUT2D eigenvalue weighted by Gasteiger charge is 2.14. The standard InChI is InChI=1S/C14H11BrClNO2/c1-8-5-9(15)6-12(13(8)18)14(19)17-11-4-2-3-10(16)7-11/h2-7,18H,1H3,(H,17,19). The Morgan fingerprint density at radius 1 is 1.32 bits per heavy atom. The summed E-state index contributed by atoms with van der Waals surface area (Å²) in [7, 11) is 0. The number of benzene rings is 2. The van der Waals surface area contributed by atoms with Crippen LogP contribution in [0.3, 0.4) is 0 Å². The van der Waals surface area contributed by atoms with E-state index in [2.05, 4.69) is 21.2 Å². The molecule has 19 heavy (non-hydrogen) atoms. The molecule has 0 aliphatic carbocycles. The Morgan fingerprint density at radius 3 is 2.74 bits per heavy atom. The van der Waals surface area contributed by atoms with Crippen molar-refractivity contribution in [2.75, 3.05) is 5.32 Å². The first-order chi connectivity index (χ1) is 8.97. The molecule has 0 saturated carbocycles. The SMILES string of the molecule is Cc1cc(Br)cc(C(=O)Nc2cccc(Cl)c2)c1O. The van der Waals surface area contributed by atoms with Gasteiger partial charge in [0.05, 0.1) is 5.56 Å². The number of hydrogen-bond acceptors (Lipinski definition) is 2. The monoisotopic (exact) mass is 339 g/mol. The summed E-state index contributed by atoms with van der Waals surface area (Å²) in [6.45, 7) is 1.73.